The molecule has 2 amide bonds. The molecule has 0 fully saturated rings. The van der Waals surface area contributed by atoms with Crippen LogP contribution in [-0.2, 0) is 11.2 Å². The van der Waals surface area contributed by atoms with Gasteiger partial charge < -0.3 is 20.1 Å². The van der Waals surface area contributed by atoms with Gasteiger partial charge in [-0.3, -0.25) is 9.59 Å². The molecule has 25 heavy (non-hydrogen) atoms. The van der Waals surface area contributed by atoms with E-state index >= 15 is 0 Å². The number of rotatable bonds is 7. The molecule has 2 aromatic carbocycles. The van der Waals surface area contributed by atoms with Crippen molar-refractivity contribution >= 4 is 17.5 Å². The molecule has 0 heterocycles. The second-order valence-electron chi connectivity index (χ2n) is 5.45. The summed E-state index contributed by atoms with van der Waals surface area (Å²) >= 11 is 0. The number of amides is 2. The molecule has 0 spiro atoms. The van der Waals surface area contributed by atoms with Crippen molar-refractivity contribution in [2.45, 2.75) is 13.3 Å². The van der Waals surface area contributed by atoms with Gasteiger partial charge in [0, 0.05) is 19.2 Å². The van der Waals surface area contributed by atoms with E-state index in [-0.39, 0.29) is 11.8 Å². The van der Waals surface area contributed by atoms with Crippen LogP contribution in [0.25, 0.3) is 0 Å². The van der Waals surface area contributed by atoms with Crippen molar-refractivity contribution < 1.29 is 19.1 Å². The summed E-state index contributed by atoms with van der Waals surface area (Å²) in [5.41, 5.74) is 2.03. The summed E-state index contributed by atoms with van der Waals surface area (Å²) in [7, 11) is 3.12. The Labute approximate surface area is 147 Å². The fourth-order valence-corrected chi connectivity index (χ4v) is 2.37. The largest absolute Gasteiger partial charge is 0.497 e. The van der Waals surface area contributed by atoms with E-state index in [4.69, 9.17) is 9.47 Å². The third kappa shape index (κ3) is 5.24. The summed E-state index contributed by atoms with van der Waals surface area (Å²) in [6.07, 6.45) is 0.698. The van der Waals surface area contributed by atoms with Crippen LogP contribution >= 0.6 is 0 Å². The molecule has 0 atom stereocenters. The van der Waals surface area contributed by atoms with Crippen LogP contribution < -0.4 is 20.1 Å². The van der Waals surface area contributed by atoms with Gasteiger partial charge in [0.25, 0.3) is 5.91 Å². The Hall–Kier alpha value is -3.02. The molecule has 6 heteroatoms. The fraction of sp³-hybridized carbons (Fsp3) is 0.263. The van der Waals surface area contributed by atoms with Crippen LogP contribution in [0.4, 0.5) is 5.69 Å². The summed E-state index contributed by atoms with van der Waals surface area (Å²) < 4.78 is 10.3. The van der Waals surface area contributed by atoms with Crippen molar-refractivity contribution in [3.63, 3.8) is 0 Å². The molecule has 2 rings (SSSR count). The summed E-state index contributed by atoms with van der Waals surface area (Å²) in [6, 6.07) is 12.6. The van der Waals surface area contributed by atoms with E-state index in [2.05, 4.69) is 10.6 Å². The molecule has 2 N–H and O–H groups in total. The first-order valence-corrected chi connectivity index (χ1v) is 7.90. The lowest BCUT2D eigenvalue weighted by Crippen LogP contribution is -2.26. The topological polar surface area (TPSA) is 76.7 Å². The molecule has 0 saturated heterocycles. The number of benzene rings is 2. The second kappa shape index (κ2) is 8.73. The standard InChI is InChI=1S/C19H22N2O4/c1-13(22)21-15-6-9-18(25-3)17(12-15)19(23)20-11-10-14-4-7-16(24-2)8-5-14/h4-9,12H,10-11H2,1-3H3,(H,20,23)(H,21,22). The van der Waals surface area contributed by atoms with Gasteiger partial charge in [-0.2, -0.15) is 0 Å². The SMILES string of the molecule is COc1ccc(CCNC(=O)c2cc(NC(C)=O)ccc2OC)cc1. The third-order valence-corrected chi connectivity index (χ3v) is 3.62. The maximum atomic E-state index is 12.4. The number of ether oxygens (including phenoxy) is 2. The van der Waals surface area contributed by atoms with Crippen molar-refractivity contribution in [1.29, 1.82) is 0 Å². The first-order chi connectivity index (χ1) is 12.0. The maximum absolute atomic E-state index is 12.4. The predicted octanol–water partition coefficient (Wildman–Crippen LogP) is 2.63. The van der Waals surface area contributed by atoms with Crippen LogP contribution in [0.15, 0.2) is 42.5 Å². The zero-order chi connectivity index (χ0) is 18.2. The number of hydrogen-bond donors (Lipinski definition) is 2. The van der Waals surface area contributed by atoms with Crippen molar-refractivity contribution in [2.75, 3.05) is 26.1 Å². The number of carbonyl (C=O) groups excluding carboxylic acids is 2. The number of nitrogens with one attached hydrogen (secondary N) is 2. The minimum absolute atomic E-state index is 0.198. The minimum atomic E-state index is -0.252. The molecule has 0 aliphatic carbocycles. The van der Waals surface area contributed by atoms with Crippen LogP contribution in [-0.4, -0.2) is 32.6 Å². The van der Waals surface area contributed by atoms with Crippen LogP contribution in [0, 0.1) is 0 Å². The Balaban J connectivity index is 2.00. The molecule has 0 aliphatic heterocycles. The zero-order valence-electron chi connectivity index (χ0n) is 14.6. The van der Waals surface area contributed by atoms with E-state index in [1.54, 1.807) is 25.3 Å². The van der Waals surface area contributed by atoms with Crippen molar-refractivity contribution in [2.24, 2.45) is 0 Å². The van der Waals surface area contributed by atoms with E-state index in [1.807, 2.05) is 24.3 Å². The van der Waals surface area contributed by atoms with E-state index in [9.17, 15) is 9.59 Å². The summed E-state index contributed by atoms with van der Waals surface area (Å²) in [5.74, 6) is 0.803. The molecule has 0 saturated carbocycles. The minimum Gasteiger partial charge on any atom is -0.497 e. The molecule has 0 unspecified atom stereocenters. The lowest BCUT2D eigenvalue weighted by atomic mass is 10.1. The number of anilines is 1. The highest BCUT2D eigenvalue weighted by atomic mass is 16.5. The smallest absolute Gasteiger partial charge is 0.255 e. The molecule has 6 nitrogen and oxygen atoms in total. The van der Waals surface area contributed by atoms with Gasteiger partial charge in [-0.25, -0.2) is 0 Å². The molecule has 0 aliphatic rings. The van der Waals surface area contributed by atoms with E-state index in [0.717, 1.165) is 11.3 Å². The van der Waals surface area contributed by atoms with Crippen LogP contribution in [0.3, 0.4) is 0 Å². The van der Waals surface area contributed by atoms with Crippen LogP contribution in [0.5, 0.6) is 11.5 Å². The number of carbonyl (C=O) groups is 2. The van der Waals surface area contributed by atoms with E-state index in [0.29, 0.717) is 30.0 Å². The normalized spacial score (nSPS) is 10.0. The Morgan fingerprint density at radius 3 is 2.32 bits per heavy atom. The second-order valence-corrected chi connectivity index (χ2v) is 5.45. The lowest BCUT2D eigenvalue weighted by molar-refractivity contribution is -0.114. The van der Waals surface area contributed by atoms with Gasteiger partial charge in [-0.1, -0.05) is 12.1 Å². The van der Waals surface area contributed by atoms with Crippen molar-refractivity contribution in [3.05, 3.63) is 53.6 Å². The highest BCUT2D eigenvalue weighted by Gasteiger charge is 2.13. The van der Waals surface area contributed by atoms with Gasteiger partial charge >= 0.3 is 0 Å². The number of methoxy groups -OCH3 is 2. The monoisotopic (exact) mass is 342 g/mol. The number of hydrogen-bond acceptors (Lipinski definition) is 4. The first kappa shape index (κ1) is 18.3. The van der Waals surface area contributed by atoms with Gasteiger partial charge in [0.2, 0.25) is 5.91 Å². The predicted molar refractivity (Wildman–Crippen MR) is 96.3 cm³/mol. The van der Waals surface area contributed by atoms with Gasteiger partial charge in [-0.15, -0.1) is 0 Å². The van der Waals surface area contributed by atoms with Crippen LogP contribution in [0.1, 0.15) is 22.8 Å². The highest BCUT2D eigenvalue weighted by Crippen LogP contribution is 2.22. The van der Waals surface area contributed by atoms with Crippen LogP contribution in [0.2, 0.25) is 0 Å². The van der Waals surface area contributed by atoms with E-state index in [1.165, 1.54) is 14.0 Å². The molecular formula is C19H22N2O4. The Morgan fingerprint density at radius 2 is 1.72 bits per heavy atom. The Morgan fingerprint density at radius 1 is 1.00 bits per heavy atom. The highest BCUT2D eigenvalue weighted by molar-refractivity contribution is 5.99. The summed E-state index contributed by atoms with van der Waals surface area (Å²) in [5, 5.41) is 5.53. The molecular weight excluding hydrogens is 320 g/mol. The molecule has 0 radical (unpaired) electrons. The lowest BCUT2D eigenvalue weighted by Gasteiger charge is -2.12. The Kier molecular flexibility index (Phi) is 6.39. The molecule has 132 valence electrons. The average molecular weight is 342 g/mol. The molecule has 0 aromatic heterocycles. The van der Waals surface area contributed by atoms with E-state index < -0.39 is 0 Å². The van der Waals surface area contributed by atoms with Crippen molar-refractivity contribution in [3.8, 4) is 11.5 Å². The maximum Gasteiger partial charge on any atom is 0.255 e. The van der Waals surface area contributed by atoms with Gasteiger partial charge in [-0.05, 0) is 42.3 Å². The quantitative estimate of drug-likeness (QED) is 0.811. The summed E-state index contributed by atoms with van der Waals surface area (Å²) in [6.45, 7) is 1.90. The van der Waals surface area contributed by atoms with Gasteiger partial charge in [0.15, 0.2) is 0 Å². The third-order valence-electron chi connectivity index (χ3n) is 3.62. The van der Waals surface area contributed by atoms with Crippen molar-refractivity contribution in [1.82, 2.24) is 5.32 Å². The average Bonchev–Trinajstić information content (AvgIpc) is 2.61. The van der Waals surface area contributed by atoms with Gasteiger partial charge in [0.05, 0.1) is 19.8 Å². The first-order valence-electron chi connectivity index (χ1n) is 7.90. The Bertz CT molecular complexity index is 742. The molecule has 2 aromatic rings. The summed E-state index contributed by atoms with van der Waals surface area (Å²) in [4.78, 5) is 23.6. The van der Waals surface area contributed by atoms with Gasteiger partial charge in [0.1, 0.15) is 11.5 Å². The zero-order valence-corrected chi connectivity index (χ0v) is 14.6. The molecule has 0 bridgehead atoms. The fourth-order valence-electron chi connectivity index (χ4n) is 2.37.